The highest BCUT2D eigenvalue weighted by Gasteiger charge is 2.20. The van der Waals surface area contributed by atoms with Gasteiger partial charge in [-0.2, -0.15) is 0 Å². The number of fused-ring (bicyclic) bond motifs is 1. The van der Waals surface area contributed by atoms with E-state index < -0.39 is 0 Å². The van der Waals surface area contributed by atoms with E-state index in [9.17, 15) is 0 Å². The zero-order valence-electron chi connectivity index (χ0n) is 11.2. The normalized spacial score (nSPS) is 14.8. The summed E-state index contributed by atoms with van der Waals surface area (Å²) >= 11 is 0. The van der Waals surface area contributed by atoms with E-state index in [0.717, 1.165) is 23.8 Å². The Morgan fingerprint density at radius 3 is 2.80 bits per heavy atom. The molecular weight excluding hydrogens is 248 g/mol. The summed E-state index contributed by atoms with van der Waals surface area (Å²) in [6, 6.07) is 15.4. The standard InChI is InChI=1S/C17H16N2O/c1-2-4-13-9-14(6-5-12(13)3-1)16-10-19-17(20-16)11-18-15-7-8-15/h1-6,9-10,15,18H,7-8,11H2. The minimum absolute atomic E-state index is 0.672. The van der Waals surface area contributed by atoms with E-state index >= 15 is 0 Å². The summed E-state index contributed by atoms with van der Waals surface area (Å²) in [7, 11) is 0. The van der Waals surface area contributed by atoms with Gasteiger partial charge < -0.3 is 9.73 Å². The average molecular weight is 264 g/mol. The molecule has 0 spiro atoms. The smallest absolute Gasteiger partial charge is 0.208 e. The summed E-state index contributed by atoms with van der Waals surface area (Å²) in [5.74, 6) is 1.60. The zero-order chi connectivity index (χ0) is 13.4. The Labute approximate surface area is 117 Å². The Bertz CT molecular complexity index is 743. The van der Waals surface area contributed by atoms with Crippen LogP contribution in [0.5, 0.6) is 0 Å². The molecule has 1 N–H and O–H groups in total. The lowest BCUT2D eigenvalue weighted by Crippen LogP contribution is -2.15. The Hall–Kier alpha value is -2.13. The molecule has 2 aromatic carbocycles. The molecule has 0 saturated heterocycles. The van der Waals surface area contributed by atoms with E-state index in [-0.39, 0.29) is 0 Å². The summed E-state index contributed by atoms with van der Waals surface area (Å²) in [5, 5.41) is 5.87. The van der Waals surface area contributed by atoms with Crippen molar-refractivity contribution < 1.29 is 4.42 Å². The highest BCUT2D eigenvalue weighted by atomic mass is 16.4. The summed E-state index contributed by atoms with van der Waals surface area (Å²) in [6.45, 7) is 0.720. The van der Waals surface area contributed by atoms with E-state index in [2.05, 4.69) is 52.8 Å². The highest BCUT2D eigenvalue weighted by Crippen LogP contribution is 2.25. The van der Waals surface area contributed by atoms with E-state index in [1.165, 1.54) is 23.6 Å². The molecule has 3 nitrogen and oxygen atoms in total. The molecule has 1 heterocycles. The van der Waals surface area contributed by atoms with Gasteiger partial charge in [0.05, 0.1) is 12.7 Å². The van der Waals surface area contributed by atoms with Crippen LogP contribution in [-0.4, -0.2) is 11.0 Å². The first-order valence-corrected chi connectivity index (χ1v) is 7.06. The van der Waals surface area contributed by atoms with Gasteiger partial charge in [-0.05, 0) is 29.7 Å². The van der Waals surface area contributed by atoms with Crippen LogP contribution in [-0.2, 0) is 6.54 Å². The second kappa shape index (κ2) is 4.76. The van der Waals surface area contributed by atoms with Crippen LogP contribution in [0.2, 0.25) is 0 Å². The molecule has 0 aliphatic heterocycles. The molecule has 1 aromatic heterocycles. The third-order valence-corrected chi connectivity index (χ3v) is 3.71. The maximum atomic E-state index is 5.82. The number of rotatable bonds is 4. The van der Waals surface area contributed by atoms with Crippen molar-refractivity contribution in [1.29, 1.82) is 0 Å². The molecule has 0 bridgehead atoms. The Morgan fingerprint density at radius 1 is 1.10 bits per heavy atom. The van der Waals surface area contributed by atoms with Crippen molar-refractivity contribution in [2.75, 3.05) is 0 Å². The second-order valence-electron chi connectivity index (χ2n) is 5.34. The molecule has 3 heteroatoms. The summed E-state index contributed by atoms with van der Waals surface area (Å²) in [5.41, 5.74) is 1.08. The first-order chi connectivity index (χ1) is 9.88. The van der Waals surface area contributed by atoms with Gasteiger partial charge in [0.1, 0.15) is 0 Å². The Kier molecular flexibility index (Phi) is 2.78. The molecule has 0 atom stereocenters. The first kappa shape index (κ1) is 11.7. The number of aromatic nitrogens is 1. The lowest BCUT2D eigenvalue weighted by atomic mass is 10.1. The third kappa shape index (κ3) is 2.32. The van der Waals surface area contributed by atoms with Crippen LogP contribution < -0.4 is 5.32 Å². The highest BCUT2D eigenvalue weighted by molar-refractivity contribution is 5.86. The summed E-state index contributed by atoms with van der Waals surface area (Å²) in [6.07, 6.45) is 4.37. The number of hydrogen-bond acceptors (Lipinski definition) is 3. The predicted octanol–water partition coefficient (Wildman–Crippen LogP) is 3.75. The first-order valence-electron chi connectivity index (χ1n) is 7.06. The van der Waals surface area contributed by atoms with E-state index in [4.69, 9.17) is 4.42 Å². The maximum Gasteiger partial charge on any atom is 0.208 e. The number of hydrogen-bond donors (Lipinski definition) is 1. The Morgan fingerprint density at radius 2 is 1.95 bits per heavy atom. The van der Waals surface area contributed by atoms with Crippen LogP contribution in [0.4, 0.5) is 0 Å². The number of benzene rings is 2. The van der Waals surface area contributed by atoms with Crippen molar-refractivity contribution in [3.8, 4) is 11.3 Å². The lowest BCUT2D eigenvalue weighted by Gasteiger charge is -2.01. The van der Waals surface area contributed by atoms with Gasteiger partial charge in [0.15, 0.2) is 5.76 Å². The van der Waals surface area contributed by atoms with Gasteiger partial charge in [-0.3, -0.25) is 0 Å². The average Bonchev–Trinajstić information content (AvgIpc) is 3.21. The van der Waals surface area contributed by atoms with Crippen LogP contribution >= 0.6 is 0 Å². The number of nitrogens with one attached hydrogen (secondary N) is 1. The van der Waals surface area contributed by atoms with Crippen molar-refractivity contribution in [2.45, 2.75) is 25.4 Å². The molecule has 1 saturated carbocycles. The Balaban J connectivity index is 1.60. The van der Waals surface area contributed by atoms with E-state index in [0.29, 0.717) is 6.04 Å². The quantitative estimate of drug-likeness (QED) is 0.780. The molecule has 0 radical (unpaired) electrons. The molecule has 20 heavy (non-hydrogen) atoms. The van der Waals surface area contributed by atoms with Crippen LogP contribution in [0.1, 0.15) is 18.7 Å². The van der Waals surface area contributed by atoms with Gasteiger partial charge in [0.25, 0.3) is 0 Å². The van der Waals surface area contributed by atoms with Crippen molar-refractivity contribution in [2.24, 2.45) is 0 Å². The fourth-order valence-electron chi connectivity index (χ4n) is 2.39. The van der Waals surface area contributed by atoms with Crippen LogP contribution in [0.25, 0.3) is 22.1 Å². The second-order valence-corrected chi connectivity index (χ2v) is 5.34. The van der Waals surface area contributed by atoms with Crippen LogP contribution in [0.3, 0.4) is 0 Å². The van der Waals surface area contributed by atoms with Crippen LogP contribution in [0, 0.1) is 0 Å². The molecule has 0 amide bonds. The molecule has 100 valence electrons. The fraction of sp³-hybridized carbons (Fsp3) is 0.235. The lowest BCUT2D eigenvalue weighted by molar-refractivity contribution is 0.477. The largest absolute Gasteiger partial charge is 0.439 e. The van der Waals surface area contributed by atoms with Gasteiger partial charge in [-0.25, -0.2) is 4.98 Å². The van der Waals surface area contributed by atoms with E-state index in [1.807, 2.05) is 6.20 Å². The van der Waals surface area contributed by atoms with Gasteiger partial charge >= 0.3 is 0 Å². The minimum atomic E-state index is 0.672. The number of oxazole rings is 1. The summed E-state index contributed by atoms with van der Waals surface area (Å²) in [4.78, 5) is 4.34. The van der Waals surface area contributed by atoms with Gasteiger partial charge in [-0.15, -0.1) is 0 Å². The monoisotopic (exact) mass is 264 g/mol. The van der Waals surface area contributed by atoms with Gasteiger partial charge in [0, 0.05) is 11.6 Å². The SMILES string of the molecule is c1ccc2cc(-c3cnc(CNC4CC4)o3)ccc2c1. The zero-order valence-corrected chi connectivity index (χ0v) is 11.2. The van der Waals surface area contributed by atoms with E-state index in [1.54, 1.807) is 0 Å². The molecule has 1 aliphatic carbocycles. The van der Waals surface area contributed by atoms with Crippen LogP contribution in [0.15, 0.2) is 53.1 Å². The molecule has 0 unspecified atom stereocenters. The van der Waals surface area contributed by atoms with Crippen molar-refractivity contribution >= 4 is 10.8 Å². The van der Waals surface area contributed by atoms with Gasteiger partial charge in [-0.1, -0.05) is 36.4 Å². The van der Waals surface area contributed by atoms with Crippen molar-refractivity contribution in [3.63, 3.8) is 0 Å². The van der Waals surface area contributed by atoms with Gasteiger partial charge in [0.2, 0.25) is 5.89 Å². The molecular formula is C17H16N2O. The minimum Gasteiger partial charge on any atom is -0.439 e. The van der Waals surface area contributed by atoms with Crippen molar-refractivity contribution in [3.05, 3.63) is 54.6 Å². The predicted molar refractivity (Wildman–Crippen MR) is 79.3 cm³/mol. The maximum absolute atomic E-state index is 5.82. The molecule has 1 aliphatic rings. The molecule has 1 fully saturated rings. The number of nitrogens with zero attached hydrogens (tertiary/aromatic N) is 1. The fourth-order valence-corrected chi connectivity index (χ4v) is 2.39. The third-order valence-electron chi connectivity index (χ3n) is 3.71. The summed E-state index contributed by atoms with van der Waals surface area (Å²) < 4.78 is 5.82. The van der Waals surface area contributed by atoms with Crippen molar-refractivity contribution in [1.82, 2.24) is 10.3 Å². The molecule has 3 aromatic rings. The molecule has 4 rings (SSSR count). The topological polar surface area (TPSA) is 38.1 Å².